The van der Waals surface area contributed by atoms with E-state index in [1.165, 1.54) is 0 Å². The fourth-order valence-electron chi connectivity index (χ4n) is 2.62. The summed E-state index contributed by atoms with van der Waals surface area (Å²) in [7, 11) is 0. The summed E-state index contributed by atoms with van der Waals surface area (Å²) >= 11 is 5.78. The second-order valence-electron chi connectivity index (χ2n) is 5.78. The van der Waals surface area contributed by atoms with Crippen LogP contribution in [0.5, 0.6) is 0 Å². The van der Waals surface area contributed by atoms with Gasteiger partial charge in [-0.3, -0.25) is 9.59 Å². The Bertz CT molecular complexity index is 529. The first-order valence-corrected chi connectivity index (χ1v) is 8.00. The molecule has 1 fully saturated rings. The molecular formula is C16H23Cl2N3O2. The SMILES string of the molecule is Cl.NC1(C(=O)NCCCC(=O)Nc2ccc(Cl)cc2)CCCC1. The average Bonchev–Trinajstić information content (AvgIpc) is 2.94. The maximum Gasteiger partial charge on any atom is 0.240 e. The van der Waals surface area contributed by atoms with Crippen LogP contribution in [0.25, 0.3) is 0 Å². The van der Waals surface area contributed by atoms with Crippen LogP contribution >= 0.6 is 24.0 Å². The van der Waals surface area contributed by atoms with Crippen LogP contribution in [0.1, 0.15) is 38.5 Å². The molecule has 5 nitrogen and oxygen atoms in total. The molecule has 1 aliphatic carbocycles. The Morgan fingerprint density at radius 1 is 1.17 bits per heavy atom. The Hall–Kier alpha value is -1.30. The minimum Gasteiger partial charge on any atom is -0.354 e. The monoisotopic (exact) mass is 359 g/mol. The fraction of sp³-hybridized carbons (Fsp3) is 0.500. The van der Waals surface area contributed by atoms with Crippen molar-refractivity contribution < 1.29 is 9.59 Å². The van der Waals surface area contributed by atoms with Gasteiger partial charge in [-0.15, -0.1) is 12.4 Å². The molecule has 1 aromatic rings. The van der Waals surface area contributed by atoms with Gasteiger partial charge in [-0.05, 0) is 43.5 Å². The molecule has 0 aromatic heterocycles. The van der Waals surface area contributed by atoms with Crippen molar-refractivity contribution in [3.63, 3.8) is 0 Å². The van der Waals surface area contributed by atoms with Gasteiger partial charge in [-0.2, -0.15) is 0 Å². The van der Waals surface area contributed by atoms with Crippen LogP contribution in [0, 0.1) is 0 Å². The van der Waals surface area contributed by atoms with Crippen molar-refractivity contribution in [3.05, 3.63) is 29.3 Å². The largest absolute Gasteiger partial charge is 0.354 e. The van der Waals surface area contributed by atoms with Gasteiger partial charge < -0.3 is 16.4 Å². The van der Waals surface area contributed by atoms with Gasteiger partial charge in [0, 0.05) is 23.7 Å². The zero-order valence-corrected chi connectivity index (χ0v) is 14.5. The van der Waals surface area contributed by atoms with Gasteiger partial charge >= 0.3 is 0 Å². The van der Waals surface area contributed by atoms with Crippen molar-refractivity contribution in [2.75, 3.05) is 11.9 Å². The summed E-state index contributed by atoms with van der Waals surface area (Å²) in [5.74, 6) is -0.178. The first-order valence-electron chi connectivity index (χ1n) is 7.62. The smallest absolute Gasteiger partial charge is 0.240 e. The van der Waals surface area contributed by atoms with E-state index in [2.05, 4.69) is 10.6 Å². The summed E-state index contributed by atoms with van der Waals surface area (Å²) in [6.07, 6.45) is 4.44. The number of hydrogen-bond acceptors (Lipinski definition) is 3. The van der Waals surface area contributed by atoms with Crippen LogP contribution in [0.3, 0.4) is 0 Å². The minimum atomic E-state index is -0.703. The second kappa shape index (κ2) is 9.11. The van der Waals surface area contributed by atoms with Crippen molar-refractivity contribution in [2.45, 2.75) is 44.1 Å². The molecule has 0 heterocycles. The fourth-order valence-corrected chi connectivity index (χ4v) is 2.74. The van der Waals surface area contributed by atoms with Gasteiger partial charge in [-0.1, -0.05) is 24.4 Å². The number of nitrogens with two attached hydrogens (primary N) is 1. The average molecular weight is 360 g/mol. The standard InChI is InChI=1S/C16H22ClN3O2.ClH/c17-12-5-7-13(8-6-12)20-14(21)4-3-11-19-15(22)16(18)9-1-2-10-16;/h5-8H,1-4,9-11,18H2,(H,19,22)(H,20,21);1H. The lowest BCUT2D eigenvalue weighted by molar-refractivity contribution is -0.126. The second-order valence-corrected chi connectivity index (χ2v) is 6.21. The van der Waals surface area contributed by atoms with Crippen molar-refractivity contribution in [1.29, 1.82) is 0 Å². The van der Waals surface area contributed by atoms with Gasteiger partial charge in [-0.25, -0.2) is 0 Å². The van der Waals surface area contributed by atoms with E-state index in [4.69, 9.17) is 17.3 Å². The molecule has 4 N–H and O–H groups in total. The molecule has 0 atom stereocenters. The van der Waals surface area contributed by atoms with E-state index < -0.39 is 5.54 Å². The van der Waals surface area contributed by atoms with Crippen molar-refractivity contribution >= 4 is 41.5 Å². The van der Waals surface area contributed by atoms with E-state index >= 15 is 0 Å². The van der Waals surface area contributed by atoms with E-state index in [1.807, 2.05) is 0 Å². The Labute approximate surface area is 147 Å². The number of carbonyl (C=O) groups excluding carboxylic acids is 2. The quantitative estimate of drug-likeness (QED) is 0.682. The van der Waals surface area contributed by atoms with Gasteiger partial charge in [0.25, 0.3) is 0 Å². The predicted molar refractivity (Wildman–Crippen MR) is 95.0 cm³/mol. The summed E-state index contributed by atoms with van der Waals surface area (Å²) in [6.45, 7) is 0.464. The third-order valence-electron chi connectivity index (χ3n) is 3.94. The first kappa shape index (κ1) is 19.7. The number of nitrogens with one attached hydrogen (secondary N) is 2. The predicted octanol–water partition coefficient (Wildman–Crippen LogP) is 2.87. The lowest BCUT2D eigenvalue weighted by atomic mass is 9.98. The zero-order chi connectivity index (χ0) is 16.0. The molecule has 0 aliphatic heterocycles. The highest BCUT2D eigenvalue weighted by atomic mass is 35.5. The molecule has 2 rings (SSSR count). The van der Waals surface area contributed by atoms with E-state index in [1.54, 1.807) is 24.3 Å². The number of rotatable bonds is 6. The topological polar surface area (TPSA) is 84.2 Å². The van der Waals surface area contributed by atoms with Gasteiger partial charge in [0.15, 0.2) is 0 Å². The Morgan fingerprint density at radius 2 is 1.78 bits per heavy atom. The van der Waals surface area contributed by atoms with Crippen LogP contribution in [0.4, 0.5) is 5.69 Å². The molecule has 0 radical (unpaired) electrons. The first-order chi connectivity index (χ1) is 10.5. The third-order valence-corrected chi connectivity index (χ3v) is 4.19. The maximum atomic E-state index is 12.0. The van der Waals surface area contributed by atoms with E-state index in [-0.39, 0.29) is 24.2 Å². The molecule has 128 valence electrons. The van der Waals surface area contributed by atoms with Gasteiger partial charge in [0.05, 0.1) is 5.54 Å². The van der Waals surface area contributed by atoms with Crippen LogP contribution in [-0.4, -0.2) is 23.9 Å². The summed E-state index contributed by atoms with van der Waals surface area (Å²) in [5.41, 5.74) is 6.07. The Kier molecular flexibility index (Phi) is 7.82. The molecular weight excluding hydrogens is 337 g/mol. The number of benzene rings is 1. The van der Waals surface area contributed by atoms with Crippen LogP contribution < -0.4 is 16.4 Å². The molecule has 0 unspecified atom stereocenters. The highest BCUT2D eigenvalue weighted by Crippen LogP contribution is 2.27. The summed E-state index contributed by atoms with van der Waals surface area (Å²) in [6, 6.07) is 6.94. The van der Waals surface area contributed by atoms with Crippen molar-refractivity contribution in [1.82, 2.24) is 5.32 Å². The Balaban J connectivity index is 0.00000264. The van der Waals surface area contributed by atoms with E-state index in [0.29, 0.717) is 30.1 Å². The van der Waals surface area contributed by atoms with Crippen LogP contribution in [-0.2, 0) is 9.59 Å². The normalized spacial score (nSPS) is 15.6. The summed E-state index contributed by atoms with van der Waals surface area (Å²) < 4.78 is 0. The van der Waals surface area contributed by atoms with Crippen LogP contribution in [0.15, 0.2) is 24.3 Å². The molecule has 23 heavy (non-hydrogen) atoms. The number of halogens is 2. The minimum absolute atomic E-state index is 0. The van der Waals surface area contributed by atoms with Gasteiger partial charge in [0.2, 0.25) is 11.8 Å². The number of amides is 2. The molecule has 1 saturated carbocycles. The zero-order valence-electron chi connectivity index (χ0n) is 12.9. The molecule has 2 amide bonds. The molecule has 1 aromatic carbocycles. The Morgan fingerprint density at radius 3 is 2.39 bits per heavy atom. The number of hydrogen-bond donors (Lipinski definition) is 3. The summed E-state index contributed by atoms with van der Waals surface area (Å²) in [4.78, 5) is 23.8. The lowest BCUT2D eigenvalue weighted by Gasteiger charge is -2.22. The number of anilines is 1. The van der Waals surface area contributed by atoms with E-state index in [9.17, 15) is 9.59 Å². The molecule has 7 heteroatoms. The maximum absolute atomic E-state index is 12.0. The molecule has 0 bridgehead atoms. The van der Waals surface area contributed by atoms with Crippen LogP contribution in [0.2, 0.25) is 5.02 Å². The third kappa shape index (κ3) is 6.01. The summed E-state index contributed by atoms with van der Waals surface area (Å²) in [5, 5.41) is 6.24. The molecule has 1 aliphatic rings. The lowest BCUT2D eigenvalue weighted by Crippen LogP contribution is -2.52. The van der Waals surface area contributed by atoms with Gasteiger partial charge in [0.1, 0.15) is 0 Å². The highest BCUT2D eigenvalue weighted by molar-refractivity contribution is 6.30. The molecule has 0 saturated heterocycles. The number of carbonyl (C=O) groups is 2. The highest BCUT2D eigenvalue weighted by Gasteiger charge is 2.36. The van der Waals surface area contributed by atoms with Crippen molar-refractivity contribution in [2.24, 2.45) is 5.73 Å². The van der Waals surface area contributed by atoms with E-state index in [0.717, 1.165) is 25.7 Å². The van der Waals surface area contributed by atoms with Crippen molar-refractivity contribution in [3.8, 4) is 0 Å². The molecule has 0 spiro atoms.